The van der Waals surface area contributed by atoms with Gasteiger partial charge in [-0.1, -0.05) is 39.1 Å². The SMILES string of the molecule is CC(Nc1cc(Cl)cc(Cl)c1)c1cc(Br)ccc1F. The van der Waals surface area contributed by atoms with Crippen molar-refractivity contribution in [3.63, 3.8) is 0 Å². The lowest BCUT2D eigenvalue weighted by atomic mass is 10.1. The summed E-state index contributed by atoms with van der Waals surface area (Å²) in [5.41, 5.74) is 1.33. The highest BCUT2D eigenvalue weighted by Crippen LogP contribution is 2.28. The van der Waals surface area contributed by atoms with Gasteiger partial charge in [0.2, 0.25) is 0 Å². The number of hydrogen-bond acceptors (Lipinski definition) is 1. The summed E-state index contributed by atoms with van der Waals surface area (Å²) in [4.78, 5) is 0. The Morgan fingerprint density at radius 1 is 1.11 bits per heavy atom. The zero-order chi connectivity index (χ0) is 14.0. The Labute approximate surface area is 129 Å². The Hall–Kier alpha value is -0.770. The molecule has 2 aromatic carbocycles. The van der Waals surface area contributed by atoms with E-state index in [1.807, 2.05) is 6.92 Å². The standard InChI is InChI=1S/C14H11BrCl2FN/c1-8(13-4-9(15)2-3-14(13)18)19-12-6-10(16)5-11(17)7-12/h2-8,19H,1H3. The van der Waals surface area contributed by atoms with E-state index >= 15 is 0 Å². The van der Waals surface area contributed by atoms with Gasteiger partial charge in [-0.05, 0) is 43.3 Å². The van der Waals surface area contributed by atoms with Gasteiger partial charge in [0.15, 0.2) is 0 Å². The second kappa shape index (κ2) is 6.12. The van der Waals surface area contributed by atoms with E-state index in [-0.39, 0.29) is 11.9 Å². The molecule has 0 aliphatic rings. The molecule has 0 fully saturated rings. The van der Waals surface area contributed by atoms with Gasteiger partial charge in [0.25, 0.3) is 0 Å². The molecule has 0 aromatic heterocycles. The summed E-state index contributed by atoms with van der Waals surface area (Å²) < 4.78 is 14.6. The van der Waals surface area contributed by atoms with Crippen molar-refractivity contribution in [2.75, 3.05) is 5.32 Å². The largest absolute Gasteiger partial charge is 0.378 e. The van der Waals surface area contributed by atoms with E-state index in [1.54, 1.807) is 30.3 Å². The lowest BCUT2D eigenvalue weighted by Gasteiger charge is -2.17. The average Bonchev–Trinajstić information content (AvgIpc) is 2.30. The van der Waals surface area contributed by atoms with E-state index in [1.165, 1.54) is 6.07 Å². The van der Waals surface area contributed by atoms with Crippen molar-refractivity contribution >= 4 is 44.8 Å². The van der Waals surface area contributed by atoms with Gasteiger partial charge in [0, 0.05) is 25.8 Å². The highest BCUT2D eigenvalue weighted by Gasteiger charge is 2.12. The molecule has 2 rings (SSSR count). The van der Waals surface area contributed by atoms with Crippen LogP contribution in [-0.4, -0.2) is 0 Å². The zero-order valence-electron chi connectivity index (χ0n) is 10.1. The number of hydrogen-bond donors (Lipinski definition) is 1. The molecule has 2 aromatic rings. The fraction of sp³-hybridized carbons (Fsp3) is 0.143. The average molecular weight is 363 g/mol. The van der Waals surface area contributed by atoms with Crippen LogP contribution < -0.4 is 5.32 Å². The number of benzene rings is 2. The molecule has 0 radical (unpaired) electrons. The van der Waals surface area contributed by atoms with E-state index in [0.717, 1.165) is 10.2 Å². The molecule has 0 heterocycles. The van der Waals surface area contributed by atoms with Gasteiger partial charge in [-0.3, -0.25) is 0 Å². The predicted molar refractivity (Wildman–Crippen MR) is 82.6 cm³/mol. The first kappa shape index (κ1) is 14.6. The van der Waals surface area contributed by atoms with Crippen molar-refractivity contribution in [1.82, 2.24) is 0 Å². The molecule has 1 nitrogen and oxygen atoms in total. The fourth-order valence-corrected chi connectivity index (χ4v) is 2.72. The molecule has 0 aliphatic carbocycles. The zero-order valence-corrected chi connectivity index (χ0v) is 13.2. The molecular formula is C14H11BrCl2FN. The van der Waals surface area contributed by atoms with Crippen LogP contribution in [0.3, 0.4) is 0 Å². The molecular weight excluding hydrogens is 352 g/mol. The lowest BCUT2D eigenvalue weighted by Crippen LogP contribution is -2.08. The number of anilines is 1. The molecule has 1 unspecified atom stereocenters. The second-order valence-electron chi connectivity index (χ2n) is 4.19. The van der Waals surface area contributed by atoms with E-state index < -0.39 is 0 Å². The highest BCUT2D eigenvalue weighted by molar-refractivity contribution is 9.10. The smallest absolute Gasteiger partial charge is 0.128 e. The predicted octanol–water partition coefficient (Wildman–Crippen LogP) is 6.07. The monoisotopic (exact) mass is 361 g/mol. The molecule has 0 saturated heterocycles. The van der Waals surface area contributed by atoms with Crippen LogP contribution in [-0.2, 0) is 0 Å². The molecule has 1 atom stereocenters. The van der Waals surface area contributed by atoms with Crippen LogP contribution in [0, 0.1) is 5.82 Å². The van der Waals surface area contributed by atoms with Crippen LogP contribution in [0.2, 0.25) is 10.0 Å². The Bertz CT molecular complexity index is 584. The molecule has 19 heavy (non-hydrogen) atoms. The molecule has 1 N–H and O–H groups in total. The highest BCUT2D eigenvalue weighted by atomic mass is 79.9. The maximum absolute atomic E-state index is 13.8. The normalized spacial score (nSPS) is 12.3. The summed E-state index contributed by atoms with van der Waals surface area (Å²) in [6.07, 6.45) is 0. The van der Waals surface area contributed by atoms with Gasteiger partial charge < -0.3 is 5.32 Å². The molecule has 0 amide bonds. The minimum absolute atomic E-state index is 0.202. The maximum Gasteiger partial charge on any atom is 0.128 e. The fourth-order valence-electron chi connectivity index (χ4n) is 1.81. The van der Waals surface area contributed by atoms with Crippen molar-refractivity contribution in [3.8, 4) is 0 Å². The van der Waals surface area contributed by atoms with Gasteiger partial charge in [0.05, 0.1) is 6.04 Å². The molecule has 0 aliphatic heterocycles. The van der Waals surface area contributed by atoms with Crippen molar-refractivity contribution in [2.45, 2.75) is 13.0 Å². The first-order valence-electron chi connectivity index (χ1n) is 5.63. The lowest BCUT2D eigenvalue weighted by molar-refractivity contribution is 0.600. The van der Waals surface area contributed by atoms with Crippen LogP contribution in [0.15, 0.2) is 40.9 Å². The van der Waals surface area contributed by atoms with Crippen LogP contribution >= 0.6 is 39.1 Å². The molecule has 100 valence electrons. The second-order valence-corrected chi connectivity index (χ2v) is 5.98. The minimum Gasteiger partial charge on any atom is -0.378 e. The first-order valence-corrected chi connectivity index (χ1v) is 7.18. The summed E-state index contributed by atoms with van der Waals surface area (Å²) in [6.45, 7) is 1.87. The Morgan fingerprint density at radius 3 is 2.37 bits per heavy atom. The van der Waals surface area contributed by atoms with Gasteiger partial charge in [-0.25, -0.2) is 4.39 Å². The van der Waals surface area contributed by atoms with E-state index in [9.17, 15) is 4.39 Å². The topological polar surface area (TPSA) is 12.0 Å². The summed E-state index contributed by atoms with van der Waals surface area (Å²) in [5.74, 6) is -0.253. The molecule has 0 bridgehead atoms. The molecule has 0 spiro atoms. The summed E-state index contributed by atoms with van der Waals surface area (Å²) in [7, 11) is 0. The van der Waals surface area contributed by atoms with E-state index in [2.05, 4.69) is 21.2 Å². The third-order valence-corrected chi connectivity index (χ3v) is 3.60. The van der Waals surface area contributed by atoms with E-state index in [0.29, 0.717) is 15.6 Å². The summed E-state index contributed by atoms with van der Waals surface area (Å²) >= 11 is 15.2. The Morgan fingerprint density at radius 2 is 1.74 bits per heavy atom. The maximum atomic E-state index is 13.8. The Kier molecular flexibility index (Phi) is 4.71. The van der Waals surface area contributed by atoms with Crippen molar-refractivity contribution in [1.29, 1.82) is 0 Å². The van der Waals surface area contributed by atoms with Crippen LogP contribution in [0.4, 0.5) is 10.1 Å². The quantitative estimate of drug-likeness (QED) is 0.698. The van der Waals surface area contributed by atoms with Gasteiger partial charge >= 0.3 is 0 Å². The minimum atomic E-state index is -0.253. The van der Waals surface area contributed by atoms with Gasteiger partial charge in [-0.2, -0.15) is 0 Å². The molecule has 0 saturated carbocycles. The van der Waals surface area contributed by atoms with Crippen LogP contribution in [0.1, 0.15) is 18.5 Å². The summed E-state index contributed by atoms with van der Waals surface area (Å²) in [6, 6.07) is 9.80. The van der Waals surface area contributed by atoms with Crippen LogP contribution in [0.25, 0.3) is 0 Å². The van der Waals surface area contributed by atoms with Gasteiger partial charge in [-0.15, -0.1) is 0 Å². The van der Waals surface area contributed by atoms with Crippen molar-refractivity contribution in [3.05, 3.63) is 62.3 Å². The molecule has 5 heteroatoms. The van der Waals surface area contributed by atoms with Gasteiger partial charge in [0.1, 0.15) is 5.82 Å². The Balaban J connectivity index is 2.25. The third kappa shape index (κ3) is 3.85. The third-order valence-electron chi connectivity index (χ3n) is 2.67. The first-order chi connectivity index (χ1) is 8.95. The van der Waals surface area contributed by atoms with Crippen LogP contribution in [0.5, 0.6) is 0 Å². The number of halogens is 4. The summed E-state index contributed by atoms with van der Waals surface area (Å²) in [5, 5.41) is 4.26. The number of nitrogens with one attached hydrogen (secondary N) is 1. The van der Waals surface area contributed by atoms with E-state index in [4.69, 9.17) is 23.2 Å². The van der Waals surface area contributed by atoms with Crippen molar-refractivity contribution in [2.24, 2.45) is 0 Å². The van der Waals surface area contributed by atoms with Crippen molar-refractivity contribution < 1.29 is 4.39 Å². The number of rotatable bonds is 3.